The fraction of sp³-hybridized carbons (Fsp3) is 0.412. The number of likely N-dealkylation sites (tertiary alicyclic amines) is 1. The van der Waals surface area contributed by atoms with E-state index in [9.17, 15) is 4.79 Å². The summed E-state index contributed by atoms with van der Waals surface area (Å²) in [7, 11) is 0. The molecule has 1 aromatic heterocycles. The number of carbonyl (C=O) groups excluding carboxylic acids is 1. The third kappa shape index (κ3) is 2.88. The van der Waals surface area contributed by atoms with Gasteiger partial charge < -0.3 is 4.90 Å². The van der Waals surface area contributed by atoms with E-state index in [0.29, 0.717) is 10.7 Å². The predicted octanol–water partition coefficient (Wildman–Crippen LogP) is 4.15. The van der Waals surface area contributed by atoms with Crippen molar-refractivity contribution in [3.8, 4) is 0 Å². The number of fused-ring (bicyclic) bond motifs is 1. The van der Waals surface area contributed by atoms with Crippen molar-refractivity contribution in [1.82, 2.24) is 9.88 Å². The first-order chi connectivity index (χ1) is 10.2. The second-order valence-electron chi connectivity index (χ2n) is 5.65. The van der Waals surface area contributed by atoms with Crippen molar-refractivity contribution in [2.24, 2.45) is 5.92 Å². The lowest BCUT2D eigenvalue weighted by molar-refractivity contribution is 0.0690. The normalized spacial score (nSPS) is 16.4. The highest BCUT2D eigenvalue weighted by atomic mass is 35.5. The van der Waals surface area contributed by atoms with Crippen LogP contribution in [-0.4, -0.2) is 28.9 Å². The third-order valence-electron chi connectivity index (χ3n) is 4.39. The molecule has 1 aliphatic heterocycles. The van der Waals surface area contributed by atoms with Crippen LogP contribution in [0.2, 0.25) is 5.15 Å². The first kappa shape index (κ1) is 14.3. The number of halogens is 1. The van der Waals surface area contributed by atoms with Gasteiger partial charge in [-0.25, -0.2) is 4.98 Å². The summed E-state index contributed by atoms with van der Waals surface area (Å²) in [6.45, 7) is 3.90. The van der Waals surface area contributed by atoms with E-state index in [1.807, 2.05) is 29.2 Å². The maximum absolute atomic E-state index is 12.8. The lowest BCUT2D eigenvalue weighted by Gasteiger charge is -2.31. The molecule has 21 heavy (non-hydrogen) atoms. The molecule has 3 rings (SSSR count). The number of amides is 1. The molecule has 2 aromatic rings. The number of hydrogen-bond donors (Lipinski definition) is 0. The van der Waals surface area contributed by atoms with Gasteiger partial charge in [0.25, 0.3) is 5.91 Å². The highest BCUT2D eigenvalue weighted by molar-refractivity contribution is 6.30. The summed E-state index contributed by atoms with van der Waals surface area (Å²) < 4.78 is 0. The number of benzene rings is 1. The van der Waals surface area contributed by atoms with Crippen LogP contribution in [0.5, 0.6) is 0 Å². The van der Waals surface area contributed by atoms with Gasteiger partial charge in [0, 0.05) is 18.5 Å². The summed E-state index contributed by atoms with van der Waals surface area (Å²) in [6, 6.07) is 9.36. The van der Waals surface area contributed by atoms with Crippen molar-refractivity contribution in [3.05, 3.63) is 41.0 Å². The Labute approximate surface area is 129 Å². The third-order valence-corrected chi connectivity index (χ3v) is 4.59. The second-order valence-corrected chi connectivity index (χ2v) is 6.04. The second kappa shape index (κ2) is 6.02. The minimum Gasteiger partial charge on any atom is -0.339 e. The first-order valence-corrected chi connectivity index (χ1v) is 7.91. The van der Waals surface area contributed by atoms with Gasteiger partial charge in [-0.1, -0.05) is 43.1 Å². The quantitative estimate of drug-likeness (QED) is 0.781. The van der Waals surface area contributed by atoms with Gasteiger partial charge in [-0.15, -0.1) is 0 Å². The number of piperidine rings is 1. The van der Waals surface area contributed by atoms with Gasteiger partial charge in [-0.3, -0.25) is 4.79 Å². The number of para-hydroxylation sites is 1. The van der Waals surface area contributed by atoms with E-state index in [0.717, 1.165) is 42.8 Å². The van der Waals surface area contributed by atoms with Gasteiger partial charge in [-0.05, 0) is 30.9 Å². The van der Waals surface area contributed by atoms with Gasteiger partial charge in [0.1, 0.15) is 5.15 Å². The highest BCUT2D eigenvalue weighted by Crippen LogP contribution is 2.25. The van der Waals surface area contributed by atoms with Crippen LogP contribution in [0.3, 0.4) is 0 Å². The Morgan fingerprint density at radius 2 is 2.05 bits per heavy atom. The number of aromatic nitrogens is 1. The number of nitrogens with zero attached hydrogens (tertiary/aromatic N) is 2. The minimum absolute atomic E-state index is 0.0741. The SMILES string of the molecule is CCC1CCN(C(=O)c2cc(Cl)nc3ccccc23)CC1. The van der Waals surface area contributed by atoms with Gasteiger partial charge in [0.2, 0.25) is 0 Å². The Morgan fingerprint density at radius 1 is 1.33 bits per heavy atom. The standard InChI is InChI=1S/C17H19ClN2O/c1-2-12-7-9-20(10-8-12)17(21)14-11-16(18)19-15-6-4-3-5-13(14)15/h3-6,11-12H,2,7-10H2,1H3. The summed E-state index contributed by atoms with van der Waals surface area (Å²) in [6.07, 6.45) is 3.39. The number of pyridine rings is 1. The molecule has 110 valence electrons. The smallest absolute Gasteiger partial charge is 0.254 e. The van der Waals surface area contributed by atoms with Crippen molar-refractivity contribution in [3.63, 3.8) is 0 Å². The molecule has 1 aromatic carbocycles. The molecule has 1 saturated heterocycles. The summed E-state index contributed by atoms with van der Waals surface area (Å²) >= 11 is 6.07. The lowest BCUT2D eigenvalue weighted by atomic mass is 9.94. The summed E-state index contributed by atoms with van der Waals surface area (Å²) in [5.74, 6) is 0.830. The summed E-state index contributed by atoms with van der Waals surface area (Å²) in [5, 5.41) is 1.25. The van der Waals surface area contributed by atoms with Crippen LogP contribution in [0.4, 0.5) is 0 Å². The van der Waals surface area contributed by atoms with Crippen molar-refractivity contribution >= 4 is 28.4 Å². The molecule has 1 fully saturated rings. The van der Waals surface area contributed by atoms with Gasteiger partial charge in [0.15, 0.2) is 0 Å². The molecule has 0 radical (unpaired) electrons. The van der Waals surface area contributed by atoms with E-state index in [2.05, 4.69) is 11.9 Å². The Morgan fingerprint density at radius 3 is 2.76 bits per heavy atom. The lowest BCUT2D eigenvalue weighted by Crippen LogP contribution is -2.38. The van der Waals surface area contributed by atoms with E-state index < -0.39 is 0 Å². The summed E-state index contributed by atoms with van der Waals surface area (Å²) in [4.78, 5) is 19.0. The van der Waals surface area contributed by atoms with Crippen molar-refractivity contribution < 1.29 is 4.79 Å². The van der Waals surface area contributed by atoms with Crippen LogP contribution in [0.15, 0.2) is 30.3 Å². The van der Waals surface area contributed by atoms with E-state index in [4.69, 9.17) is 11.6 Å². The fourth-order valence-electron chi connectivity index (χ4n) is 3.03. The van der Waals surface area contributed by atoms with Crippen molar-refractivity contribution in [2.45, 2.75) is 26.2 Å². The Bertz CT molecular complexity index is 663. The van der Waals surface area contributed by atoms with E-state index in [1.54, 1.807) is 6.07 Å². The molecule has 1 aliphatic rings. The Kier molecular flexibility index (Phi) is 4.11. The maximum atomic E-state index is 12.8. The molecule has 0 atom stereocenters. The number of hydrogen-bond acceptors (Lipinski definition) is 2. The van der Waals surface area contributed by atoms with Crippen LogP contribution in [0.1, 0.15) is 36.5 Å². The molecule has 0 bridgehead atoms. The molecule has 0 N–H and O–H groups in total. The van der Waals surface area contributed by atoms with Crippen LogP contribution < -0.4 is 0 Å². The van der Waals surface area contributed by atoms with Gasteiger partial charge in [0.05, 0.1) is 11.1 Å². The van der Waals surface area contributed by atoms with E-state index >= 15 is 0 Å². The molecule has 4 heteroatoms. The van der Waals surface area contributed by atoms with Crippen LogP contribution in [-0.2, 0) is 0 Å². The van der Waals surface area contributed by atoms with Crippen molar-refractivity contribution in [2.75, 3.05) is 13.1 Å². The molecule has 0 saturated carbocycles. The average Bonchev–Trinajstić information content (AvgIpc) is 2.53. The number of rotatable bonds is 2. The molecule has 3 nitrogen and oxygen atoms in total. The van der Waals surface area contributed by atoms with Gasteiger partial charge >= 0.3 is 0 Å². The van der Waals surface area contributed by atoms with Crippen LogP contribution in [0.25, 0.3) is 10.9 Å². The minimum atomic E-state index is 0.0741. The maximum Gasteiger partial charge on any atom is 0.254 e. The Balaban J connectivity index is 1.91. The molecule has 2 heterocycles. The molecule has 0 aliphatic carbocycles. The van der Waals surface area contributed by atoms with E-state index in [1.165, 1.54) is 6.42 Å². The fourth-order valence-corrected chi connectivity index (χ4v) is 3.23. The summed E-state index contributed by atoms with van der Waals surface area (Å²) in [5.41, 5.74) is 1.44. The van der Waals surface area contributed by atoms with Gasteiger partial charge in [-0.2, -0.15) is 0 Å². The Hall–Kier alpha value is -1.61. The molecule has 0 spiro atoms. The average molecular weight is 303 g/mol. The van der Waals surface area contributed by atoms with Crippen molar-refractivity contribution in [1.29, 1.82) is 0 Å². The predicted molar refractivity (Wildman–Crippen MR) is 85.7 cm³/mol. The highest BCUT2D eigenvalue weighted by Gasteiger charge is 2.24. The topological polar surface area (TPSA) is 33.2 Å². The molecular formula is C17H19ClN2O. The first-order valence-electron chi connectivity index (χ1n) is 7.53. The zero-order valence-electron chi connectivity index (χ0n) is 12.2. The number of carbonyl (C=O) groups is 1. The molecule has 0 unspecified atom stereocenters. The van der Waals surface area contributed by atoms with E-state index in [-0.39, 0.29) is 5.91 Å². The molecule has 1 amide bonds. The monoisotopic (exact) mass is 302 g/mol. The molecular weight excluding hydrogens is 284 g/mol. The van der Waals surface area contributed by atoms with Crippen LogP contribution in [0, 0.1) is 5.92 Å². The largest absolute Gasteiger partial charge is 0.339 e. The zero-order chi connectivity index (χ0) is 14.8. The zero-order valence-corrected chi connectivity index (χ0v) is 12.9. The van der Waals surface area contributed by atoms with Crippen LogP contribution >= 0.6 is 11.6 Å².